The van der Waals surface area contributed by atoms with Crippen molar-refractivity contribution in [2.24, 2.45) is 0 Å². The van der Waals surface area contributed by atoms with Crippen LogP contribution >= 0.6 is 15.9 Å². The van der Waals surface area contributed by atoms with E-state index in [0.717, 1.165) is 28.5 Å². The number of fused-ring (bicyclic) bond motifs is 2. The average Bonchev–Trinajstić information content (AvgIpc) is 2.66. The van der Waals surface area contributed by atoms with Gasteiger partial charge in [-0.2, -0.15) is 0 Å². The van der Waals surface area contributed by atoms with E-state index in [0.29, 0.717) is 0 Å². The molecule has 0 saturated heterocycles. The summed E-state index contributed by atoms with van der Waals surface area (Å²) in [4.78, 5) is 8.61. The molecule has 1 N–H and O–H groups in total. The predicted octanol–water partition coefficient (Wildman–Crippen LogP) is 2.36. The van der Waals surface area contributed by atoms with Crippen molar-refractivity contribution in [2.75, 3.05) is 11.9 Å². The van der Waals surface area contributed by atoms with E-state index < -0.39 is 0 Å². The van der Waals surface area contributed by atoms with Gasteiger partial charge in [0.05, 0.1) is 15.7 Å². The largest absolute Gasteiger partial charge is 0.384 e. The summed E-state index contributed by atoms with van der Waals surface area (Å²) in [7, 11) is 0. The van der Waals surface area contributed by atoms with E-state index in [9.17, 15) is 0 Å². The van der Waals surface area contributed by atoms with E-state index in [1.165, 1.54) is 11.3 Å². The van der Waals surface area contributed by atoms with Gasteiger partial charge in [0, 0.05) is 18.9 Å². The third kappa shape index (κ3) is 1.04. The predicted molar refractivity (Wildman–Crippen MR) is 59.4 cm³/mol. The maximum Gasteiger partial charge on any atom is 0.105 e. The summed E-state index contributed by atoms with van der Waals surface area (Å²) in [5, 5.41) is 3.35. The van der Waals surface area contributed by atoms with Crippen molar-refractivity contribution in [2.45, 2.75) is 6.42 Å². The molecule has 1 aromatic heterocycles. The van der Waals surface area contributed by atoms with Crippen molar-refractivity contribution >= 4 is 32.7 Å². The Bertz CT molecular complexity index is 510. The fourth-order valence-corrected chi connectivity index (χ4v) is 2.53. The molecule has 3 nitrogen and oxygen atoms in total. The van der Waals surface area contributed by atoms with E-state index in [-0.39, 0.29) is 0 Å². The zero-order valence-corrected chi connectivity index (χ0v) is 9.00. The molecule has 2 heterocycles. The van der Waals surface area contributed by atoms with Gasteiger partial charge >= 0.3 is 0 Å². The molecule has 0 fully saturated rings. The zero-order valence-electron chi connectivity index (χ0n) is 7.42. The Kier molecular flexibility index (Phi) is 1.70. The lowest BCUT2D eigenvalue weighted by atomic mass is 10.1. The van der Waals surface area contributed by atoms with E-state index in [4.69, 9.17) is 0 Å². The molecule has 3 rings (SSSR count). The maximum absolute atomic E-state index is 4.31. The minimum atomic E-state index is 0.931. The van der Waals surface area contributed by atoms with E-state index in [2.05, 4.69) is 37.3 Å². The molecule has 1 aromatic carbocycles. The first-order chi connectivity index (χ1) is 6.86. The molecule has 14 heavy (non-hydrogen) atoms. The fraction of sp³-hybridized carbons (Fsp3) is 0.200. The lowest BCUT2D eigenvalue weighted by molar-refractivity contribution is 1.11. The van der Waals surface area contributed by atoms with Crippen LogP contribution in [0.2, 0.25) is 0 Å². The zero-order chi connectivity index (χ0) is 9.54. The monoisotopic (exact) mass is 249 g/mol. The van der Waals surface area contributed by atoms with Crippen molar-refractivity contribution < 1.29 is 0 Å². The van der Waals surface area contributed by atoms with Crippen LogP contribution in [0, 0.1) is 0 Å². The van der Waals surface area contributed by atoms with Crippen LogP contribution in [0.25, 0.3) is 11.0 Å². The minimum Gasteiger partial charge on any atom is -0.384 e. The molecule has 70 valence electrons. The first-order valence-corrected chi connectivity index (χ1v) is 5.31. The minimum absolute atomic E-state index is 0.931. The molecule has 0 aliphatic carbocycles. The van der Waals surface area contributed by atoms with Gasteiger partial charge < -0.3 is 5.32 Å². The SMILES string of the molecule is Brc1c2c(cc3nccnc13)CCN2. The Hall–Kier alpha value is -1.16. The number of rotatable bonds is 0. The van der Waals surface area contributed by atoms with E-state index >= 15 is 0 Å². The highest BCUT2D eigenvalue weighted by Crippen LogP contribution is 2.35. The first-order valence-electron chi connectivity index (χ1n) is 4.52. The maximum atomic E-state index is 4.31. The Balaban J connectivity index is 2.44. The number of nitrogens with one attached hydrogen (secondary N) is 1. The molecule has 0 saturated carbocycles. The molecule has 0 bridgehead atoms. The number of aromatic nitrogens is 2. The molecule has 4 heteroatoms. The van der Waals surface area contributed by atoms with Gasteiger partial charge in [0.15, 0.2) is 0 Å². The topological polar surface area (TPSA) is 37.8 Å². The van der Waals surface area contributed by atoms with Gasteiger partial charge in [0.25, 0.3) is 0 Å². The molecular weight excluding hydrogens is 242 g/mol. The third-order valence-corrected chi connectivity index (χ3v) is 3.25. The van der Waals surface area contributed by atoms with Gasteiger partial charge in [-0.3, -0.25) is 9.97 Å². The Morgan fingerprint density at radius 3 is 3.07 bits per heavy atom. The van der Waals surface area contributed by atoms with Gasteiger partial charge in [0.2, 0.25) is 0 Å². The molecule has 0 radical (unpaired) electrons. The normalized spacial score (nSPS) is 14.1. The van der Waals surface area contributed by atoms with Crippen LogP contribution in [0.4, 0.5) is 5.69 Å². The van der Waals surface area contributed by atoms with Crippen LogP contribution in [-0.4, -0.2) is 16.5 Å². The Labute approximate surface area is 89.7 Å². The van der Waals surface area contributed by atoms with Gasteiger partial charge in [-0.15, -0.1) is 0 Å². The van der Waals surface area contributed by atoms with Crippen molar-refractivity contribution in [3.05, 3.63) is 28.5 Å². The highest BCUT2D eigenvalue weighted by molar-refractivity contribution is 9.10. The lowest BCUT2D eigenvalue weighted by Crippen LogP contribution is -1.92. The summed E-state index contributed by atoms with van der Waals surface area (Å²) in [6.07, 6.45) is 4.51. The molecule has 1 aliphatic heterocycles. The number of hydrogen-bond acceptors (Lipinski definition) is 3. The first kappa shape index (κ1) is 8.17. The van der Waals surface area contributed by atoms with Crippen molar-refractivity contribution in [1.29, 1.82) is 0 Å². The van der Waals surface area contributed by atoms with E-state index in [1.807, 2.05) is 0 Å². The number of halogens is 1. The van der Waals surface area contributed by atoms with Crippen molar-refractivity contribution in [3.63, 3.8) is 0 Å². The Morgan fingerprint density at radius 1 is 1.29 bits per heavy atom. The standard InChI is InChI=1S/C10H8BrN3/c11-8-9-6(1-2-13-9)5-7-10(8)14-4-3-12-7/h3-5,13H,1-2H2. The second kappa shape index (κ2) is 2.92. The summed E-state index contributed by atoms with van der Waals surface area (Å²) in [6, 6.07) is 2.11. The summed E-state index contributed by atoms with van der Waals surface area (Å²) in [5.74, 6) is 0. The summed E-state index contributed by atoms with van der Waals surface area (Å²) >= 11 is 3.57. The second-order valence-corrected chi connectivity index (χ2v) is 4.12. The number of benzene rings is 1. The molecule has 0 amide bonds. The number of nitrogens with zero attached hydrogens (tertiary/aromatic N) is 2. The second-order valence-electron chi connectivity index (χ2n) is 3.33. The van der Waals surface area contributed by atoms with Crippen molar-refractivity contribution in [1.82, 2.24) is 9.97 Å². The highest BCUT2D eigenvalue weighted by Gasteiger charge is 2.16. The van der Waals surface area contributed by atoms with Gasteiger partial charge in [0.1, 0.15) is 5.52 Å². The Morgan fingerprint density at radius 2 is 2.14 bits per heavy atom. The number of anilines is 1. The van der Waals surface area contributed by atoms with Crippen LogP contribution in [0.5, 0.6) is 0 Å². The summed E-state index contributed by atoms with van der Waals surface area (Å²) in [5.41, 5.74) is 4.39. The van der Waals surface area contributed by atoms with Crippen LogP contribution in [0.15, 0.2) is 22.9 Å². The highest BCUT2D eigenvalue weighted by atomic mass is 79.9. The molecular formula is C10H8BrN3. The number of hydrogen-bond donors (Lipinski definition) is 1. The van der Waals surface area contributed by atoms with Crippen LogP contribution in [0.3, 0.4) is 0 Å². The average molecular weight is 250 g/mol. The van der Waals surface area contributed by atoms with Crippen molar-refractivity contribution in [3.8, 4) is 0 Å². The van der Waals surface area contributed by atoms with E-state index in [1.54, 1.807) is 12.4 Å². The third-order valence-electron chi connectivity index (χ3n) is 2.48. The van der Waals surface area contributed by atoms with Gasteiger partial charge in [-0.25, -0.2) is 0 Å². The van der Waals surface area contributed by atoms with Crippen LogP contribution in [0.1, 0.15) is 5.56 Å². The van der Waals surface area contributed by atoms with Crippen LogP contribution in [-0.2, 0) is 6.42 Å². The van der Waals surface area contributed by atoms with Gasteiger partial charge in [-0.1, -0.05) is 0 Å². The molecule has 0 atom stereocenters. The summed E-state index contributed by atoms with van der Waals surface area (Å²) in [6.45, 7) is 1.00. The fourth-order valence-electron chi connectivity index (χ4n) is 1.83. The lowest BCUT2D eigenvalue weighted by Gasteiger charge is -2.05. The molecule has 1 aliphatic rings. The molecule has 0 spiro atoms. The molecule has 0 unspecified atom stereocenters. The molecule has 2 aromatic rings. The summed E-state index contributed by atoms with van der Waals surface area (Å²) < 4.78 is 1.04. The quantitative estimate of drug-likeness (QED) is 0.779. The smallest absolute Gasteiger partial charge is 0.105 e. The van der Waals surface area contributed by atoms with Gasteiger partial charge in [-0.05, 0) is 34.0 Å². The van der Waals surface area contributed by atoms with Crippen LogP contribution < -0.4 is 5.32 Å².